The standard InChI is InChI=1S/C28H36N6O5/c1-18(39-14-20-6-4-3-5-7-20)24(26(37)29-2)32-25(36)22-13-33(27(38)21-11-30-31-12-21)15-28(22)16-34(17-28)23(35)10-19-8-9-19/h3-7,11-12,18-19,22,24H,8-10,13-17H2,1-2H3,(H,29,37)(H,30,31)(H,32,36)/t18-,22?,24+/m1/s1. The van der Waals surface area contributed by atoms with Gasteiger partial charge in [-0.3, -0.25) is 24.3 Å². The number of ether oxygens (including phenoxy) is 1. The lowest BCUT2D eigenvalue weighted by Crippen LogP contribution is -2.65. The van der Waals surface area contributed by atoms with E-state index in [9.17, 15) is 19.2 Å². The summed E-state index contributed by atoms with van der Waals surface area (Å²) in [7, 11) is 1.52. The number of rotatable bonds is 10. The van der Waals surface area contributed by atoms with Crippen LogP contribution in [-0.2, 0) is 25.7 Å². The molecule has 0 bridgehead atoms. The first-order valence-electron chi connectivity index (χ1n) is 13.5. The predicted molar refractivity (Wildman–Crippen MR) is 141 cm³/mol. The number of H-pyrrole nitrogens is 1. The molecule has 2 saturated heterocycles. The number of carbonyl (C=O) groups excluding carboxylic acids is 4. The minimum Gasteiger partial charge on any atom is -0.371 e. The molecule has 3 heterocycles. The summed E-state index contributed by atoms with van der Waals surface area (Å²) in [6.45, 7) is 3.42. The molecule has 0 radical (unpaired) electrons. The average molecular weight is 537 g/mol. The van der Waals surface area contributed by atoms with E-state index in [1.54, 1.807) is 16.7 Å². The van der Waals surface area contributed by atoms with Crippen molar-refractivity contribution in [1.82, 2.24) is 30.6 Å². The highest BCUT2D eigenvalue weighted by atomic mass is 16.5. The number of nitrogens with one attached hydrogen (secondary N) is 3. The second-order valence-electron chi connectivity index (χ2n) is 11.1. The smallest absolute Gasteiger partial charge is 0.257 e. The molecular formula is C28H36N6O5. The van der Waals surface area contributed by atoms with E-state index in [4.69, 9.17) is 4.74 Å². The second kappa shape index (κ2) is 11.2. The van der Waals surface area contributed by atoms with Crippen LogP contribution in [0, 0.1) is 17.3 Å². The summed E-state index contributed by atoms with van der Waals surface area (Å²) in [5, 5.41) is 12.1. The highest BCUT2D eigenvalue weighted by molar-refractivity contribution is 5.95. The molecule has 4 amide bonds. The number of likely N-dealkylation sites (N-methyl/N-ethyl adjacent to an activating group) is 1. The molecule has 11 nitrogen and oxygen atoms in total. The van der Waals surface area contributed by atoms with Gasteiger partial charge in [0, 0.05) is 51.3 Å². The Hall–Kier alpha value is -3.73. The fourth-order valence-electron chi connectivity index (χ4n) is 5.65. The third kappa shape index (κ3) is 5.83. The van der Waals surface area contributed by atoms with Crippen LogP contribution in [0.2, 0.25) is 0 Å². The topological polar surface area (TPSA) is 137 Å². The van der Waals surface area contributed by atoms with Crippen molar-refractivity contribution in [2.45, 2.75) is 44.9 Å². The lowest BCUT2D eigenvalue weighted by molar-refractivity contribution is -0.151. The first-order valence-corrected chi connectivity index (χ1v) is 13.5. The number of amides is 4. The maximum Gasteiger partial charge on any atom is 0.257 e. The summed E-state index contributed by atoms with van der Waals surface area (Å²) < 4.78 is 5.97. The number of nitrogens with zero attached hydrogens (tertiary/aromatic N) is 3. The van der Waals surface area contributed by atoms with Gasteiger partial charge in [-0.05, 0) is 31.2 Å². The minimum atomic E-state index is -0.922. The van der Waals surface area contributed by atoms with Crippen LogP contribution in [0.25, 0.3) is 0 Å². The molecule has 1 saturated carbocycles. The Labute approximate surface area is 227 Å². The summed E-state index contributed by atoms with van der Waals surface area (Å²) in [5.74, 6) is -0.905. The zero-order valence-electron chi connectivity index (χ0n) is 22.4. The zero-order chi connectivity index (χ0) is 27.6. The van der Waals surface area contributed by atoms with Gasteiger partial charge in [0.05, 0.1) is 30.4 Å². The fraction of sp³-hybridized carbons (Fsp3) is 0.536. The van der Waals surface area contributed by atoms with E-state index in [1.165, 1.54) is 19.4 Å². The minimum absolute atomic E-state index is 0.105. The molecule has 39 heavy (non-hydrogen) atoms. The molecule has 3 aliphatic rings. The molecular weight excluding hydrogens is 500 g/mol. The molecule has 2 aliphatic heterocycles. The van der Waals surface area contributed by atoms with Crippen LogP contribution in [0.15, 0.2) is 42.7 Å². The van der Waals surface area contributed by atoms with Crippen LogP contribution in [0.4, 0.5) is 0 Å². The highest BCUT2D eigenvalue weighted by Gasteiger charge is 2.59. The van der Waals surface area contributed by atoms with Crippen molar-refractivity contribution in [3.63, 3.8) is 0 Å². The van der Waals surface area contributed by atoms with Crippen molar-refractivity contribution in [2.24, 2.45) is 17.3 Å². The number of carbonyl (C=O) groups is 4. The number of hydrogen-bond acceptors (Lipinski definition) is 6. The molecule has 1 aromatic carbocycles. The lowest BCUT2D eigenvalue weighted by Gasteiger charge is -2.50. The van der Waals surface area contributed by atoms with Crippen molar-refractivity contribution in [3.05, 3.63) is 53.9 Å². The molecule has 3 atom stereocenters. The largest absolute Gasteiger partial charge is 0.371 e. The molecule has 3 N–H and O–H groups in total. The molecule has 2 aromatic rings. The summed E-state index contributed by atoms with van der Waals surface area (Å²) in [5.41, 5.74) is 0.808. The SMILES string of the molecule is CNC(=O)[C@@H](NC(=O)C1CN(C(=O)c2cn[nH]c2)CC12CN(C(=O)CC1CC1)C2)[C@@H](C)OCc1ccccc1. The first-order chi connectivity index (χ1) is 18.8. The third-order valence-electron chi connectivity index (χ3n) is 8.17. The van der Waals surface area contributed by atoms with Crippen LogP contribution < -0.4 is 10.6 Å². The van der Waals surface area contributed by atoms with Gasteiger partial charge in [0.25, 0.3) is 5.91 Å². The van der Waals surface area contributed by atoms with Crippen LogP contribution >= 0.6 is 0 Å². The number of aromatic amines is 1. The Kier molecular flexibility index (Phi) is 7.69. The first kappa shape index (κ1) is 26.9. The Balaban J connectivity index is 1.29. The van der Waals surface area contributed by atoms with Gasteiger partial charge >= 0.3 is 0 Å². The maximum absolute atomic E-state index is 13.8. The van der Waals surface area contributed by atoms with E-state index in [0.717, 1.165) is 18.4 Å². The van der Waals surface area contributed by atoms with E-state index in [-0.39, 0.29) is 30.2 Å². The van der Waals surface area contributed by atoms with Gasteiger partial charge in [0.15, 0.2) is 0 Å². The highest BCUT2D eigenvalue weighted by Crippen LogP contribution is 2.45. The Morgan fingerprint density at radius 3 is 2.49 bits per heavy atom. The molecule has 5 rings (SSSR count). The number of benzene rings is 1. The lowest BCUT2D eigenvalue weighted by atomic mass is 9.71. The van der Waals surface area contributed by atoms with E-state index in [1.807, 2.05) is 30.3 Å². The average Bonchev–Trinajstić information content (AvgIpc) is 3.40. The summed E-state index contributed by atoms with van der Waals surface area (Å²) >= 11 is 0. The van der Waals surface area contributed by atoms with E-state index < -0.39 is 23.5 Å². The van der Waals surface area contributed by atoms with Crippen LogP contribution in [0.1, 0.15) is 42.1 Å². The summed E-state index contributed by atoms with van der Waals surface area (Å²) in [4.78, 5) is 55.9. The molecule has 1 unspecified atom stereocenters. The molecule has 1 spiro atoms. The van der Waals surface area contributed by atoms with Gasteiger partial charge in [-0.25, -0.2) is 0 Å². The molecule has 1 aromatic heterocycles. The Morgan fingerprint density at radius 2 is 1.85 bits per heavy atom. The van der Waals surface area contributed by atoms with Gasteiger partial charge in [0.1, 0.15) is 6.04 Å². The third-order valence-corrected chi connectivity index (χ3v) is 8.17. The second-order valence-corrected chi connectivity index (χ2v) is 11.1. The van der Waals surface area contributed by atoms with E-state index in [2.05, 4.69) is 20.8 Å². The van der Waals surface area contributed by atoms with Crippen molar-refractivity contribution in [3.8, 4) is 0 Å². The quantitative estimate of drug-likeness (QED) is 0.414. The van der Waals surface area contributed by atoms with Crippen molar-refractivity contribution >= 4 is 23.6 Å². The van der Waals surface area contributed by atoms with Crippen LogP contribution in [0.3, 0.4) is 0 Å². The molecule has 208 valence electrons. The van der Waals surface area contributed by atoms with Gasteiger partial charge in [-0.15, -0.1) is 0 Å². The van der Waals surface area contributed by atoms with Gasteiger partial charge < -0.3 is 25.2 Å². The van der Waals surface area contributed by atoms with E-state index >= 15 is 0 Å². The number of aromatic nitrogens is 2. The molecule has 1 aliphatic carbocycles. The van der Waals surface area contributed by atoms with Gasteiger partial charge in [0.2, 0.25) is 17.7 Å². The van der Waals surface area contributed by atoms with Gasteiger partial charge in [-0.1, -0.05) is 30.3 Å². The normalized spacial score (nSPS) is 21.2. The molecule has 11 heteroatoms. The Bertz CT molecular complexity index is 1190. The van der Waals surface area contributed by atoms with Crippen LogP contribution in [0.5, 0.6) is 0 Å². The molecule has 3 fully saturated rings. The fourth-order valence-corrected chi connectivity index (χ4v) is 5.65. The number of hydrogen-bond donors (Lipinski definition) is 3. The van der Waals surface area contributed by atoms with Crippen molar-refractivity contribution in [1.29, 1.82) is 0 Å². The monoisotopic (exact) mass is 536 g/mol. The summed E-state index contributed by atoms with van der Waals surface area (Å²) in [6, 6.07) is 8.68. The number of likely N-dealkylation sites (tertiary alicyclic amines) is 2. The summed E-state index contributed by atoms with van der Waals surface area (Å²) in [6.07, 6.45) is 5.11. The Morgan fingerprint density at radius 1 is 1.13 bits per heavy atom. The van der Waals surface area contributed by atoms with Gasteiger partial charge in [-0.2, -0.15) is 5.10 Å². The zero-order valence-corrected chi connectivity index (χ0v) is 22.4. The van der Waals surface area contributed by atoms with Crippen molar-refractivity contribution < 1.29 is 23.9 Å². The van der Waals surface area contributed by atoms with Crippen LogP contribution in [-0.4, -0.2) is 89.0 Å². The van der Waals surface area contributed by atoms with Crippen molar-refractivity contribution in [2.75, 3.05) is 33.2 Å². The van der Waals surface area contributed by atoms with E-state index in [0.29, 0.717) is 44.1 Å². The predicted octanol–water partition coefficient (Wildman–Crippen LogP) is 0.947. The maximum atomic E-state index is 13.8.